The molecule has 1 N–H and O–H groups in total. The van der Waals surface area contributed by atoms with Crippen LogP contribution in [-0.2, 0) is 0 Å². The Morgan fingerprint density at radius 2 is 1.73 bits per heavy atom. The van der Waals surface area contributed by atoms with Gasteiger partial charge in [-0.25, -0.2) is 17.6 Å². The smallest absolute Gasteiger partial charge is 0.307 e. The molecule has 0 aliphatic rings. The van der Waals surface area contributed by atoms with E-state index in [9.17, 15) is 17.6 Å². The molecule has 0 spiro atoms. The summed E-state index contributed by atoms with van der Waals surface area (Å²) in [7, 11) is 0. The molecule has 0 atom stereocenters. The highest BCUT2D eigenvalue weighted by Crippen LogP contribution is 2.28. The molecule has 11 heavy (non-hydrogen) atoms. The topological polar surface area (TPSA) is 20.2 Å². The number of rotatable bonds is 5. The molecule has 0 bridgehead atoms. The van der Waals surface area contributed by atoms with Crippen LogP contribution in [0, 0.1) is 0 Å². The minimum Gasteiger partial charge on any atom is -0.396 e. The van der Waals surface area contributed by atoms with Crippen LogP contribution in [-0.4, -0.2) is 24.1 Å². The lowest BCUT2D eigenvalue weighted by atomic mass is 10.1. The Kier molecular flexibility index (Phi) is 4.40. The van der Waals surface area contributed by atoms with Crippen LogP contribution in [0.3, 0.4) is 0 Å². The van der Waals surface area contributed by atoms with Gasteiger partial charge in [0.2, 0.25) is 0 Å². The Bertz CT molecular complexity index is 105. The summed E-state index contributed by atoms with van der Waals surface area (Å²) in [5.41, 5.74) is 0. The fourth-order valence-electron chi connectivity index (χ4n) is 0.582. The average Bonchev–Trinajstić information content (AvgIpc) is 1.88. The van der Waals surface area contributed by atoms with E-state index in [0.29, 0.717) is 0 Å². The van der Waals surface area contributed by atoms with Crippen LogP contribution in [0.15, 0.2) is 0 Å². The predicted molar refractivity (Wildman–Crippen MR) is 31.9 cm³/mol. The lowest BCUT2D eigenvalue weighted by Gasteiger charge is -2.13. The predicted octanol–water partition coefficient (Wildman–Crippen LogP) is 2.05. The van der Waals surface area contributed by atoms with Gasteiger partial charge in [0.05, 0.1) is 0 Å². The normalized spacial score (nSPS) is 12.5. The Morgan fingerprint density at radius 1 is 1.18 bits per heavy atom. The molecule has 0 aromatic rings. The number of unbranched alkanes of at least 4 members (excludes halogenated alkanes) is 1. The lowest BCUT2D eigenvalue weighted by molar-refractivity contribution is -0.134. The number of alkyl halides is 4. The Morgan fingerprint density at radius 3 is 2.09 bits per heavy atom. The minimum atomic E-state index is -3.89. The number of halogens is 4. The Balaban J connectivity index is 3.55. The van der Waals surface area contributed by atoms with E-state index in [1.165, 1.54) is 0 Å². The molecule has 0 saturated carbocycles. The molecular formula is C6H10F4O. The molecule has 0 amide bonds. The molecule has 0 aromatic carbocycles. The van der Waals surface area contributed by atoms with Crippen LogP contribution in [0.2, 0.25) is 0 Å². The van der Waals surface area contributed by atoms with Crippen LogP contribution in [0.1, 0.15) is 19.3 Å². The standard InChI is InChI=1S/C6H10F4O/c7-5(8)6(9,10)3-1-2-4-11/h5,11H,1-4H2. The monoisotopic (exact) mass is 174 g/mol. The van der Waals surface area contributed by atoms with E-state index < -0.39 is 18.8 Å². The summed E-state index contributed by atoms with van der Waals surface area (Å²) in [6.45, 7) is -0.237. The highest BCUT2D eigenvalue weighted by atomic mass is 19.3. The van der Waals surface area contributed by atoms with Gasteiger partial charge >= 0.3 is 12.3 Å². The fraction of sp³-hybridized carbons (Fsp3) is 1.00. The summed E-state index contributed by atoms with van der Waals surface area (Å²) in [6.07, 6.45) is -4.39. The summed E-state index contributed by atoms with van der Waals surface area (Å²) in [4.78, 5) is 0. The van der Waals surface area contributed by atoms with Gasteiger partial charge < -0.3 is 5.11 Å². The molecule has 5 heteroatoms. The van der Waals surface area contributed by atoms with Crippen molar-refractivity contribution < 1.29 is 22.7 Å². The second-order valence-corrected chi connectivity index (χ2v) is 2.24. The zero-order chi connectivity index (χ0) is 8.91. The zero-order valence-electron chi connectivity index (χ0n) is 5.86. The van der Waals surface area contributed by atoms with Crippen LogP contribution in [0.5, 0.6) is 0 Å². The van der Waals surface area contributed by atoms with Gasteiger partial charge in [-0.1, -0.05) is 0 Å². The highest BCUT2D eigenvalue weighted by Gasteiger charge is 2.39. The van der Waals surface area contributed by atoms with Crippen molar-refractivity contribution in [3.05, 3.63) is 0 Å². The molecule has 0 aliphatic carbocycles. The van der Waals surface area contributed by atoms with Gasteiger partial charge in [0.1, 0.15) is 0 Å². The number of hydrogen-bond acceptors (Lipinski definition) is 1. The highest BCUT2D eigenvalue weighted by molar-refractivity contribution is 4.68. The molecule has 0 fully saturated rings. The number of hydrogen-bond donors (Lipinski definition) is 1. The van der Waals surface area contributed by atoms with Crippen LogP contribution < -0.4 is 0 Å². The third kappa shape index (κ3) is 4.19. The van der Waals surface area contributed by atoms with Crippen LogP contribution in [0.25, 0.3) is 0 Å². The van der Waals surface area contributed by atoms with Crippen LogP contribution >= 0.6 is 0 Å². The van der Waals surface area contributed by atoms with E-state index in [0.717, 1.165) is 0 Å². The summed E-state index contributed by atoms with van der Waals surface area (Å²) in [5.74, 6) is -3.89. The summed E-state index contributed by atoms with van der Waals surface area (Å²) in [6, 6.07) is 0. The van der Waals surface area contributed by atoms with Crippen molar-refractivity contribution in [3.8, 4) is 0 Å². The number of aliphatic hydroxyl groups excluding tert-OH is 1. The first kappa shape index (κ1) is 10.7. The molecule has 0 aromatic heterocycles. The largest absolute Gasteiger partial charge is 0.396 e. The maximum Gasteiger partial charge on any atom is 0.307 e. The van der Waals surface area contributed by atoms with E-state index in [2.05, 4.69) is 0 Å². The Labute approximate surface area is 62.0 Å². The molecule has 0 unspecified atom stereocenters. The summed E-state index contributed by atoms with van der Waals surface area (Å²) >= 11 is 0. The zero-order valence-corrected chi connectivity index (χ0v) is 5.86. The summed E-state index contributed by atoms with van der Waals surface area (Å²) in [5, 5.41) is 8.17. The minimum absolute atomic E-state index is 0.0756. The second-order valence-electron chi connectivity index (χ2n) is 2.24. The van der Waals surface area contributed by atoms with E-state index >= 15 is 0 Å². The lowest BCUT2D eigenvalue weighted by Crippen LogP contribution is -2.26. The summed E-state index contributed by atoms with van der Waals surface area (Å²) < 4.78 is 46.9. The van der Waals surface area contributed by atoms with Gasteiger partial charge in [0.25, 0.3) is 0 Å². The van der Waals surface area contributed by atoms with Gasteiger partial charge in [-0.15, -0.1) is 0 Å². The van der Waals surface area contributed by atoms with Crippen molar-refractivity contribution >= 4 is 0 Å². The molecule has 0 radical (unpaired) electrons. The van der Waals surface area contributed by atoms with Gasteiger partial charge in [-0.2, -0.15) is 0 Å². The van der Waals surface area contributed by atoms with Gasteiger partial charge in [0.15, 0.2) is 0 Å². The fourth-order valence-corrected chi connectivity index (χ4v) is 0.582. The first-order chi connectivity index (χ1) is 5.00. The van der Waals surface area contributed by atoms with Crippen molar-refractivity contribution in [2.45, 2.75) is 31.6 Å². The second kappa shape index (κ2) is 4.54. The maximum absolute atomic E-state index is 12.0. The van der Waals surface area contributed by atoms with Crippen molar-refractivity contribution in [1.29, 1.82) is 0 Å². The van der Waals surface area contributed by atoms with E-state index in [1.807, 2.05) is 0 Å². The first-order valence-electron chi connectivity index (χ1n) is 3.27. The maximum atomic E-state index is 12.0. The quantitative estimate of drug-likeness (QED) is 0.499. The molecule has 0 rings (SSSR count). The third-order valence-electron chi connectivity index (χ3n) is 1.24. The van der Waals surface area contributed by atoms with Crippen LogP contribution in [0.4, 0.5) is 17.6 Å². The van der Waals surface area contributed by atoms with E-state index in [-0.39, 0.29) is 19.4 Å². The van der Waals surface area contributed by atoms with E-state index in [1.54, 1.807) is 0 Å². The molecule has 68 valence electrons. The number of aliphatic hydroxyl groups is 1. The first-order valence-corrected chi connectivity index (χ1v) is 3.27. The molecule has 1 nitrogen and oxygen atoms in total. The SMILES string of the molecule is OCCCCC(F)(F)C(F)F. The molecule has 0 aliphatic heterocycles. The third-order valence-corrected chi connectivity index (χ3v) is 1.24. The van der Waals surface area contributed by atoms with Gasteiger partial charge in [-0.3, -0.25) is 0 Å². The van der Waals surface area contributed by atoms with Crippen molar-refractivity contribution in [2.75, 3.05) is 6.61 Å². The average molecular weight is 174 g/mol. The van der Waals surface area contributed by atoms with Crippen molar-refractivity contribution in [1.82, 2.24) is 0 Å². The molecule has 0 saturated heterocycles. The molecule has 0 heterocycles. The Hall–Kier alpha value is -0.320. The van der Waals surface area contributed by atoms with Crippen molar-refractivity contribution in [3.63, 3.8) is 0 Å². The van der Waals surface area contributed by atoms with Gasteiger partial charge in [0, 0.05) is 13.0 Å². The van der Waals surface area contributed by atoms with Gasteiger partial charge in [-0.05, 0) is 12.8 Å². The molecular weight excluding hydrogens is 164 g/mol. The van der Waals surface area contributed by atoms with E-state index in [4.69, 9.17) is 5.11 Å². The van der Waals surface area contributed by atoms with Crippen molar-refractivity contribution in [2.24, 2.45) is 0 Å².